The Hall–Kier alpha value is -1.32. The van der Waals surface area contributed by atoms with Crippen LogP contribution in [-0.2, 0) is 4.79 Å². The topological polar surface area (TPSA) is 52.3 Å². The van der Waals surface area contributed by atoms with Gasteiger partial charge in [0.15, 0.2) is 5.76 Å². The van der Waals surface area contributed by atoms with Crippen LogP contribution in [0.3, 0.4) is 0 Å². The monoisotopic (exact) mass is 154 g/mol. The van der Waals surface area contributed by atoms with Gasteiger partial charge in [0.05, 0.1) is 13.0 Å². The summed E-state index contributed by atoms with van der Waals surface area (Å²) in [5, 5.41) is 3.53. The second kappa shape index (κ2) is 3.18. The fourth-order valence-electron chi connectivity index (χ4n) is 0.630. The van der Waals surface area contributed by atoms with Crippen LogP contribution in [0.25, 0.3) is 0 Å². The molecule has 1 rings (SSSR count). The van der Waals surface area contributed by atoms with Crippen molar-refractivity contribution in [3.05, 3.63) is 11.8 Å². The number of methoxy groups -OCH3 is 1. The molecule has 1 unspecified atom stereocenters. The van der Waals surface area contributed by atoms with Crippen molar-refractivity contribution < 1.29 is 14.1 Å². The minimum atomic E-state index is -0.383. The highest BCUT2D eigenvalue weighted by Gasteiger charge is 2.11. The average Bonchev–Trinajstić information content (AvgIpc) is 2.50. The molecule has 4 nitrogen and oxygen atoms in total. The molecule has 4 heteroatoms. The molecule has 0 saturated heterocycles. The van der Waals surface area contributed by atoms with Crippen LogP contribution in [0.15, 0.2) is 10.6 Å². The van der Waals surface area contributed by atoms with Crippen LogP contribution in [0.4, 0.5) is 0 Å². The number of carbonyl (C=O) groups excluding carboxylic acids is 1. The van der Waals surface area contributed by atoms with E-state index in [0.29, 0.717) is 11.6 Å². The summed E-state index contributed by atoms with van der Waals surface area (Å²) < 4.78 is 9.53. The zero-order valence-corrected chi connectivity index (χ0v) is 6.33. The molecule has 1 aromatic heterocycles. The van der Waals surface area contributed by atoms with Gasteiger partial charge in [-0.2, -0.15) is 0 Å². The summed E-state index contributed by atoms with van der Waals surface area (Å²) in [6.45, 7) is 1.67. The van der Waals surface area contributed by atoms with Crippen molar-refractivity contribution >= 4 is 6.29 Å². The third kappa shape index (κ3) is 1.58. The Kier molecular flexibility index (Phi) is 2.25. The van der Waals surface area contributed by atoms with Gasteiger partial charge in [0.1, 0.15) is 0 Å². The molecule has 1 heterocycles. The maximum absolute atomic E-state index is 10.1. The lowest BCUT2D eigenvalue weighted by Crippen LogP contribution is -1.90. The summed E-state index contributed by atoms with van der Waals surface area (Å²) in [6, 6.07) is 1.57. The van der Waals surface area contributed by atoms with E-state index in [1.165, 1.54) is 7.11 Å². The molecule has 59 valence electrons. The molecule has 0 aliphatic rings. The van der Waals surface area contributed by atoms with E-state index in [4.69, 9.17) is 9.26 Å². The Balaban J connectivity index is 2.79. The highest BCUT2D eigenvalue weighted by Crippen LogP contribution is 2.17. The summed E-state index contributed by atoms with van der Waals surface area (Å²) in [5.41, 5.74) is 0. The maximum atomic E-state index is 10.1. The lowest BCUT2D eigenvalue weighted by atomic mass is 10.1. The van der Waals surface area contributed by atoms with E-state index in [9.17, 15) is 4.79 Å². The van der Waals surface area contributed by atoms with Crippen molar-refractivity contribution in [1.82, 2.24) is 5.16 Å². The Morgan fingerprint density at radius 1 is 1.82 bits per heavy atom. The number of ether oxygens (including phenoxy) is 1. The quantitative estimate of drug-likeness (QED) is 0.648. The summed E-state index contributed by atoms with van der Waals surface area (Å²) in [4.78, 5) is 10.1. The van der Waals surface area contributed by atoms with Crippen molar-refractivity contribution in [2.75, 3.05) is 7.11 Å². The van der Waals surface area contributed by atoms with Crippen molar-refractivity contribution in [3.63, 3.8) is 0 Å². The first-order valence-corrected chi connectivity index (χ1v) is 3.16. The summed E-state index contributed by atoms with van der Waals surface area (Å²) in [6.07, 6.45) is 1.78. The predicted octanol–water partition coefficient (Wildman–Crippen LogP) is 0.896. The van der Waals surface area contributed by atoms with Crippen molar-refractivity contribution in [2.45, 2.75) is 12.8 Å². The van der Waals surface area contributed by atoms with Crippen LogP contribution in [-0.4, -0.2) is 18.6 Å². The van der Waals surface area contributed by atoms with Gasteiger partial charge in [-0.1, -0.05) is 0 Å². The van der Waals surface area contributed by atoms with Gasteiger partial charge in [-0.05, 0) is 12.1 Å². The number of hydrogen-bond donors (Lipinski definition) is 0. The Labute approximate surface area is 64.1 Å². The SMILES string of the molecule is COc1cc(C(C)[C]=O)on1. The minimum absolute atomic E-state index is 0.377. The summed E-state index contributed by atoms with van der Waals surface area (Å²) in [5.74, 6) is 0.463. The lowest BCUT2D eigenvalue weighted by molar-refractivity contribution is 0.325. The molecule has 0 fully saturated rings. The largest absolute Gasteiger partial charge is 0.479 e. The third-order valence-corrected chi connectivity index (χ3v) is 1.32. The standard InChI is InChI=1S/C7H8NO3/c1-5(4-9)6-3-7(10-2)8-11-6/h3,5H,1-2H3. The Morgan fingerprint density at radius 3 is 3.00 bits per heavy atom. The van der Waals surface area contributed by atoms with E-state index in [-0.39, 0.29) is 5.92 Å². The fourth-order valence-corrected chi connectivity index (χ4v) is 0.630. The normalized spacial score (nSPS) is 12.5. The first-order chi connectivity index (χ1) is 5.27. The van der Waals surface area contributed by atoms with Crippen LogP contribution < -0.4 is 4.74 Å². The van der Waals surface area contributed by atoms with E-state index in [1.807, 2.05) is 0 Å². The zero-order valence-electron chi connectivity index (χ0n) is 6.33. The fraction of sp³-hybridized carbons (Fsp3) is 0.429. The first kappa shape index (κ1) is 7.78. The molecular weight excluding hydrogens is 146 g/mol. The van der Waals surface area contributed by atoms with Gasteiger partial charge in [0, 0.05) is 6.07 Å². The lowest BCUT2D eigenvalue weighted by Gasteiger charge is -1.90. The smallest absolute Gasteiger partial charge is 0.254 e. The van der Waals surface area contributed by atoms with Gasteiger partial charge < -0.3 is 9.26 Å². The molecule has 0 aliphatic heterocycles. The molecule has 0 aromatic carbocycles. The highest BCUT2D eigenvalue weighted by molar-refractivity contribution is 5.60. The van der Waals surface area contributed by atoms with Gasteiger partial charge >= 0.3 is 0 Å². The van der Waals surface area contributed by atoms with E-state index >= 15 is 0 Å². The second-order valence-electron chi connectivity index (χ2n) is 2.11. The van der Waals surface area contributed by atoms with Gasteiger partial charge in [0.2, 0.25) is 6.29 Å². The molecule has 0 saturated carbocycles. The third-order valence-electron chi connectivity index (χ3n) is 1.32. The van der Waals surface area contributed by atoms with Crippen LogP contribution >= 0.6 is 0 Å². The van der Waals surface area contributed by atoms with Crippen molar-refractivity contribution in [3.8, 4) is 5.88 Å². The molecule has 11 heavy (non-hydrogen) atoms. The van der Waals surface area contributed by atoms with Gasteiger partial charge in [0.25, 0.3) is 5.88 Å². The van der Waals surface area contributed by atoms with Crippen molar-refractivity contribution in [1.29, 1.82) is 0 Å². The molecule has 1 radical (unpaired) electrons. The van der Waals surface area contributed by atoms with Crippen LogP contribution in [0.2, 0.25) is 0 Å². The van der Waals surface area contributed by atoms with E-state index in [2.05, 4.69) is 5.16 Å². The molecule has 0 bridgehead atoms. The molecule has 1 aromatic rings. The van der Waals surface area contributed by atoms with Crippen molar-refractivity contribution in [2.24, 2.45) is 0 Å². The average molecular weight is 154 g/mol. The van der Waals surface area contributed by atoms with E-state index < -0.39 is 0 Å². The van der Waals surface area contributed by atoms with Gasteiger partial charge in [-0.15, -0.1) is 0 Å². The minimum Gasteiger partial charge on any atom is -0.479 e. The number of aromatic nitrogens is 1. The summed E-state index contributed by atoms with van der Waals surface area (Å²) >= 11 is 0. The van der Waals surface area contributed by atoms with Gasteiger partial charge in [-0.3, -0.25) is 4.79 Å². The Morgan fingerprint density at radius 2 is 2.55 bits per heavy atom. The highest BCUT2D eigenvalue weighted by atomic mass is 16.5. The van der Waals surface area contributed by atoms with Crippen LogP contribution in [0.5, 0.6) is 5.88 Å². The van der Waals surface area contributed by atoms with E-state index in [1.54, 1.807) is 19.3 Å². The predicted molar refractivity (Wildman–Crippen MR) is 37.2 cm³/mol. The first-order valence-electron chi connectivity index (χ1n) is 3.16. The number of nitrogens with zero attached hydrogens (tertiary/aromatic N) is 1. The molecule has 0 amide bonds. The molecular formula is C7H8NO3. The molecule has 1 atom stereocenters. The van der Waals surface area contributed by atoms with Crippen LogP contribution in [0, 0.1) is 0 Å². The zero-order chi connectivity index (χ0) is 8.27. The second-order valence-corrected chi connectivity index (χ2v) is 2.11. The molecule has 0 spiro atoms. The van der Waals surface area contributed by atoms with Crippen LogP contribution in [0.1, 0.15) is 18.6 Å². The Bertz CT molecular complexity index is 244. The molecule has 0 aliphatic carbocycles. The van der Waals surface area contributed by atoms with Gasteiger partial charge in [-0.25, -0.2) is 0 Å². The molecule has 0 N–H and O–H groups in total. The number of hydrogen-bond acceptors (Lipinski definition) is 4. The number of rotatable bonds is 3. The van der Waals surface area contributed by atoms with E-state index in [0.717, 1.165) is 0 Å². The maximum Gasteiger partial charge on any atom is 0.254 e. The summed E-state index contributed by atoms with van der Waals surface area (Å²) in [7, 11) is 1.48.